The molecule has 0 spiro atoms. The second-order valence-electron chi connectivity index (χ2n) is 8.37. The average molecular weight is 414 g/mol. The van der Waals surface area contributed by atoms with Crippen LogP contribution in [0, 0.1) is 11.7 Å². The molecule has 0 saturated carbocycles. The molecule has 1 amide bonds. The molecular weight excluding hydrogens is 391 g/mol. The topological polar surface area (TPSA) is 87.8 Å². The average Bonchev–Trinajstić information content (AvgIpc) is 2.76. The molecule has 4 aliphatic heterocycles. The summed E-state index contributed by atoms with van der Waals surface area (Å²) in [6.07, 6.45) is 1.84. The third-order valence-electron chi connectivity index (χ3n) is 6.68. The molecule has 1 aromatic carbocycles. The SMILES string of the molecule is O=C1c2c(O)c(=O)n(C3CN4CCC3CC4)c(=O)n2CCN1Cc1ccc(F)cc1. The Bertz CT molecular complexity index is 1120. The Balaban J connectivity index is 1.51. The lowest BCUT2D eigenvalue weighted by Crippen LogP contribution is -2.56. The summed E-state index contributed by atoms with van der Waals surface area (Å²) >= 11 is 0. The molecule has 9 heteroatoms. The van der Waals surface area contributed by atoms with Crippen LogP contribution in [0.2, 0.25) is 0 Å². The van der Waals surface area contributed by atoms with Crippen molar-refractivity contribution in [3.63, 3.8) is 0 Å². The van der Waals surface area contributed by atoms with E-state index in [1.165, 1.54) is 21.6 Å². The first kappa shape index (κ1) is 19.0. The smallest absolute Gasteiger partial charge is 0.332 e. The van der Waals surface area contributed by atoms with Crippen molar-refractivity contribution in [1.29, 1.82) is 0 Å². The molecule has 158 valence electrons. The lowest BCUT2D eigenvalue weighted by atomic mass is 9.84. The third kappa shape index (κ3) is 2.96. The van der Waals surface area contributed by atoms with E-state index in [4.69, 9.17) is 0 Å². The summed E-state index contributed by atoms with van der Waals surface area (Å²) in [5.41, 5.74) is -0.847. The van der Waals surface area contributed by atoms with Crippen molar-refractivity contribution in [1.82, 2.24) is 18.9 Å². The van der Waals surface area contributed by atoms with Crippen molar-refractivity contribution >= 4 is 5.91 Å². The van der Waals surface area contributed by atoms with E-state index in [9.17, 15) is 23.9 Å². The molecule has 30 heavy (non-hydrogen) atoms. The number of halogens is 1. The summed E-state index contributed by atoms with van der Waals surface area (Å²) in [6.45, 7) is 3.20. The lowest BCUT2D eigenvalue weighted by molar-refractivity contribution is 0.0502. The van der Waals surface area contributed by atoms with E-state index in [1.807, 2.05) is 0 Å². The van der Waals surface area contributed by atoms with Crippen LogP contribution in [0.5, 0.6) is 5.75 Å². The first-order chi connectivity index (χ1) is 14.4. The summed E-state index contributed by atoms with van der Waals surface area (Å²) in [5.74, 6) is -1.38. The van der Waals surface area contributed by atoms with E-state index >= 15 is 0 Å². The Labute approximate surface area is 171 Å². The Kier molecular flexibility index (Phi) is 4.50. The molecule has 2 bridgehead atoms. The van der Waals surface area contributed by atoms with Crippen LogP contribution in [0.25, 0.3) is 0 Å². The molecule has 2 aromatic rings. The predicted octanol–water partition coefficient (Wildman–Crippen LogP) is 0.777. The quantitative estimate of drug-likeness (QED) is 0.802. The first-order valence-corrected chi connectivity index (χ1v) is 10.3. The van der Waals surface area contributed by atoms with E-state index in [1.54, 1.807) is 12.1 Å². The van der Waals surface area contributed by atoms with Gasteiger partial charge < -0.3 is 14.9 Å². The molecule has 0 aliphatic carbocycles. The van der Waals surface area contributed by atoms with Gasteiger partial charge in [-0.1, -0.05) is 12.1 Å². The van der Waals surface area contributed by atoms with Gasteiger partial charge in [-0.2, -0.15) is 0 Å². The van der Waals surface area contributed by atoms with Crippen molar-refractivity contribution in [3.05, 3.63) is 62.2 Å². The van der Waals surface area contributed by atoms with Crippen LogP contribution < -0.4 is 11.2 Å². The number of amides is 1. The Morgan fingerprint density at radius 2 is 1.70 bits per heavy atom. The molecule has 0 radical (unpaired) electrons. The Morgan fingerprint density at radius 1 is 1.00 bits per heavy atom. The van der Waals surface area contributed by atoms with Gasteiger partial charge in [0, 0.05) is 26.2 Å². The van der Waals surface area contributed by atoms with Crippen molar-refractivity contribution in [2.24, 2.45) is 5.92 Å². The van der Waals surface area contributed by atoms with Gasteiger partial charge in [-0.05, 0) is 49.5 Å². The summed E-state index contributed by atoms with van der Waals surface area (Å²) < 4.78 is 15.5. The molecule has 1 N–H and O–H groups in total. The molecule has 1 unspecified atom stereocenters. The van der Waals surface area contributed by atoms with Crippen molar-refractivity contribution < 1.29 is 14.3 Å². The maximum atomic E-state index is 13.2. The van der Waals surface area contributed by atoms with Gasteiger partial charge >= 0.3 is 5.69 Å². The molecule has 3 saturated heterocycles. The molecule has 4 aliphatic rings. The van der Waals surface area contributed by atoms with E-state index in [2.05, 4.69) is 4.90 Å². The Morgan fingerprint density at radius 3 is 2.33 bits per heavy atom. The number of aromatic nitrogens is 2. The fourth-order valence-corrected chi connectivity index (χ4v) is 5.03. The van der Waals surface area contributed by atoms with Crippen LogP contribution in [0.3, 0.4) is 0 Å². The van der Waals surface area contributed by atoms with Gasteiger partial charge in [0.05, 0.1) is 6.04 Å². The second kappa shape index (κ2) is 7.09. The monoisotopic (exact) mass is 414 g/mol. The van der Waals surface area contributed by atoms with Crippen LogP contribution in [0.4, 0.5) is 4.39 Å². The van der Waals surface area contributed by atoms with Crippen LogP contribution in [0.1, 0.15) is 34.9 Å². The molecular formula is C21H23FN4O4. The highest BCUT2D eigenvalue weighted by atomic mass is 19.1. The highest BCUT2D eigenvalue weighted by molar-refractivity contribution is 5.95. The molecule has 1 atom stereocenters. The molecule has 1 aromatic heterocycles. The number of piperidine rings is 3. The number of nitrogens with zero attached hydrogens (tertiary/aromatic N) is 4. The van der Waals surface area contributed by atoms with Crippen molar-refractivity contribution in [3.8, 4) is 5.75 Å². The van der Waals surface area contributed by atoms with Gasteiger partial charge in [-0.3, -0.25) is 18.7 Å². The maximum Gasteiger partial charge on any atom is 0.332 e. The highest BCUT2D eigenvalue weighted by Gasteiger charge is 2.39. The third-order valence-corrected chi connectivity index (χ3v) is 6.68. The van der Waals surface area contributed by atoms with Gasteiger partial charge in [-0.25, -0.2) is 9.18 Å². The zero-order valence-corrected chi connectivity index (χ0v) is 16.5. The van der Waals surface area contributed by atoms with Gasteiger partial charge in [0.2, 0.25) is 5.75 Å². The number of aromatic hydroxyl groups is 1. The number of benzene rings is 1. The van der Waals surface area contributed by atoms with Crippen LogP contribution in [-0.4, -0.2) is 56.1 Å². The first-order valence-electron chi connectivity index (χ1n) is 10.3. The van der Waals surface area contributed by atoms with Crippen LogP contribution in [-0.2, 0) is 13.1 Å². The van der Waals surface area contributed by atoms with Gasteiger partial charge in [0.1, 0.15) is 5.82 Å². The van der Waals surface area contributed by atoms with E-state index in [0.717, 1.165) is 36.1 Å². The molecule has 3 fully saturated rings. The molecule has 8 nitrogen and oxygen atoms in total. The highest BCUT2D eigenvalue weighted by Crippen LogP contribution is 2.34. The van der Waals surface area contributed by atoms with Crippen LogP contribution in [0.15, 0.2) is 33.9 Å². The predicted molar refractivity (Wildman–Crippen MR) is 106 cm³/mol. The minimum atomic E-state index is -0.790. The minimum absolute atomic E-state index is 0.191. The summed E-state index contributed by atoms with van der Waals surface area (Å²) in [6, 6.07) is 5.51. The summed E-state index contributed by atoms with van der Waals surface area (Å²) in [4.78, 5) is 42.8. The van der Waals surface area contributed by atoms with Gasteiger partial charge in [0.15, 0.2) is 5.69 Å². The zero-order valence-electron chi connectivity index (χ0n) is 16.5. The second-order valence-corrected chi connectivity index (χ2v) is 8.37. The number of carbonyl (C=O) groups is 1. The molecule has 5 heterocycles. The number of hydrogen-bond donors (Lipinski definition) is 1. The lowest BCUT2D eigenvalue weighted by Gasteiger charge is -2.45. The maximum absolute atomic E-state index is 13.2. The minimum Gasteiger partial charge on any atom is -0.501 e. The Hall–Kier alpha value is -2.94. The number of fused-ring (bicyclic) bond motifs is 4. The van der Waals surface area contributed by atoms with E-state index < -0.39 is 22.9 Å². The fourth-order valence-electron chi connectivity index (χ4n) is 5.03. The van der Waals surface area contributed by atoms with E-state index in [0.29, 0.717) is 6.54 Å². The van der Waals surface area contributed by atoms with Crippen LogP contribution >= 0.6 is 0 Å². The van der Waals surface area contributed by atoms with Gasteiger partial charge in [0.25, 0.3) is 11.5 Å². The van der Waals surface area contributed by atoms with Gasteiger partial charge in [-0.15, -0.1) is 0 Å². The van der Waals surface area contributed by atoms with Crippen molar-refractivity contribution in [2.75, 3.05) is 26.2 Å². The standard InChI is InChI=1S/C21H23FN4O4/c22-15-3-1-13(2-4-15)11-24-9-10-25-17(19(24)28)18(27)20(29)26(21(25)30)16-12-23-7-5-14(16)6-8-23/h1-4,14,16,27H,5-12H2. The zero-order chi connectivity index (χ0) is 21.0. The number of hydrogen-bond acceptors (Lipinski definition) is 5. The number of carbonyl (C=O) groups excluding carboxylic acids is 1. The van der Waals surface area contributed by atoms with Crippen molar-refractivity contribution in [2.45, 2.75) is 32.0 Å². The summed E-state index contributed by atoms with van der Waals surface area (Å²) in [7, 11) is 0. The normalized spacial score (nSPS) is 25.4. The fraction of sp³-hybridized carbons (Fsp3) is 0.476. The largest absolute Gasteiger partial charge is 0.501 e. The van der Waals surface area contributed by atoms with E-state index in [-0.39, 0.29) is 43.1 Å². The molecule has 6 rings (SSSR count). The summed E-state index contributed by atoms with van der Waals surface area (Å²) in [5, 5.41) is 10.6. The number of rotatable bonds is 3.